The number of nitrogens with one attached hydrogen (secondary N) is 1. The molecular formula is C21H15N3O3. The molecule has 6 nitrogen and oxygen atoms in total. The molecule has 6 heteroatoms. The van der Waals surface area contributed by atoms with Crippen LogP contribution in [-0.4, -0.2) is 28.2 Å². The Morgan fingerprint density at radius 3 is 2.33 bits per heavy atom. The molecule has 4 aromatic rings. The minimum atomic E-state index is -0.757. The van der Waals surface area contributed by atoms with Crippen LogP contribution in [0.5, 0.6) is 5.75 Å². The van der Waals surface area contributed by atoms with Gasteiger partial charge in [-0.15, -0.1) is 0 Å². The molecule has 1 aliphatic carbocycles. The lowest BCUT2D eigenvalue weighted by Crippen LogP contribution is -2.16. The summed E-state index contributed by atoms with van der Waals surface area (Å²) in [5.74, 6) is 0.311. The van der Waals surface area contributed by atoms with Crippen LogP contribution in [0.3, 0.4) is 0 Å². The van der Waals surface area contributed by atoms with E-state index in [-0.39, 0.29) is 12.5 Å². The van der Waals surface area contributed by atoms with Gasteiger partial charge in [0.05, 0.1) is 0 Å². The molecule has 1 aromatic heterocycles. The monoisotopic (exact) mass is 357 g/mol. The van der Waals surface area contributed by atoms with Crippen LogP contribution in [0.1, 0.15) is 17.0 Å². The summed E-state index contributed by atoms with van der Waals surface area (Å²) in [7, 11) is 0. The van der Waals surface area contributed by atoms with Crippen molar-refractivity contribution in [2.24, 2.45) is 0 Å². The quantitative estimate of drug-likeness (QED) is 0.437. The van der Waals surface area contributed by atoms with Crippen molar-refractivity contribution in [1.29, 1.82) is 0 Å². The largest absolute Gasteiger partial charge is 0.513 e. The Morgan fingerprint density at radius 1 is 0.889 bits per heavy atom. The highest BCUT2D eigenvalue weighted by Gasteiger charge is 2.29. The highest BCUT2D eigenvalue weighted by Crippen LogP contribution is 2.44. The average molecular weight is 357 g/mol. The van der Waals surface area contributed by atoms with E-state index in [4.69, 9.17) is 9.47 Å². The lowest BCUT2D eigenvalue weighted by Gasteiger charge is -2.14. The van der Waals surface area contributed by atoms with Crippen molar-refractivity contribution in [3.8, 4) is 16.9 Å². The molecule has 1 aliphatic rings. The maximum Gasteiger partial charge on any atom is 0.513 e. The van der Waals surface area contributed by atoms with Crippen LogP contribution < -0.4 is 4.74 Å². The molecule has 0 bridgehead atoms. The van der Waals surface area contributed by atoms with Crippen molar-refractivity contribution < 1.29 is 14.3 Å². The Bertz CT molecular complexity index is 1110. The van der Waals surface area contributed by atoms with Crippen molar-refractivity contribution in [1.82, 2.24) is 15.4 Å². The van der Waals surface area contributed by atoms with Crippen LogP contribution in [0, 0.1) is 0 Å². The van der Waals surface area contributed by atoms with Crippen LogP contribution in [0.25, 0.3) is 22.2 Å². The molecular weight excluding hydrogens is 342 g/mol. The fourth-order valence-corrected chi connectivity index (χ4v) is 3.63. The number of benzene rings is 3. The van der Waals surface area contributed by atoms with E-state index in [1.807, 2.05) is 24.3 Å². The van der Waals surface area contributed by atoms with Gasteiger partial charge >= 0.3 is 6.16 Å². The molecule has 1 N–H and O–H groups in total. The van der Waals surface area contributed by atoms with Crippen molar-refractivity contribution >= 4 is 17.2 Å². The van der Waals surface area contributed by atoms with Gasteiger partial charge in [0.25, 0.3) is 0 Å². The Labute approximate surface area is 154 Å². The first kappa shape index (κ1) is 15.6. The lowest BCUT2D eigenvalue weighted by atomic mass is 9.98. The molecule has 0 amide bonds. The zero-order chi connectivity index (χ0) is 18.2. The molecule has 0 saturated carbocycles. The van der Waals surface area contributed by atoms with Gasteiger partial charge in [0.1, 0.15) is 12.1 Å². The SMILES string of the molecule is O=C(OCC1c2ccccc2-c2ccccc21)Oc1cccc2n[nH]nc12. The second kappa shape index (κ2) is 6.25. The van der Waals surface area contributed by atoms with E-state index < -0.39 is 6.16 Å². The molecule has 27 heavy (non-hydrogen) atoms. The van der Waals surface area contributed by atoms with Crippen LogP contribution in [0.4, 0.5) is 4.79 Å². The summed E-state index contributed by atoms with van der Waals surface area (Å²) in [5.41, 5.74) is 5.80. The summed E-state index contributed by atoms with van der Waals surface area (Å²) >= 11 is 0. The van der Waals surface area contributed by atoms with Crippen molar-refractivity contribution in [2.75, 3.05) is 6.61 Å². The second-order valence-electron chi connectivity index (χ2n) is 6.34. The van der Waals surface area contributed by atoms with E-state index >= 15 is 0 Å². The zero-order valence-electron chi connectivity index (χ0n) is 14.3. The molecule has 0 unspecified atom stereocenters. The normalized spacial score (nSPS) is 12.6. The summed E-state index contributed by atoms with van der Waals surface area (Å²) in [5, 5.41) is 10.5. The number of rotatable bonds is 3. The molecule has 0 saturated heterocycles. The molecule has 132 valence electrons. The van der Waals surface area contributed by atoms with Crippen LogP contribution >= 0.6 is 0 Å². The van der Waals surface area contributed by atoms with Gasteiger partial charge in [-0.25, -0.2) is 4.79 Å². The number of hydrogen-bond donors (Lipinski definition) is 1. The molecule has 0 atom stereocenters. The minimum Gasteiger partial charge on any atom is -0.433 e. The fraction of sp³-hybridized carbons (Fsp3) is 0.0952. The third-order valence-electron chi connectivity index (χ3n) is 4.83. The number of aromatic nitrogens is 3. The van der Waals surface area contributed by atoms with Gasteiger partial charge < -0.3 is 9.47 Å². The first-order chi connectivity index (χ1) is 13.3. The fourth-order valence-electron chi connectivity index (χ4n) is 3.63. The number of aromatic amines is 1. The molecule has 3 aromatic carbocycles. The van der Waals surface area contributed by atoms with Gasteiger partial charge in [0, 0.05) is 5.92 Å². The topological polar surface area (TPSA) is 77.1 Å². The number of hydrogen-bond acceptors (Lipinski definition) is 5. The number of carbonyl (C=O) groups is 1. The summed E-state index contributed by atoms with van der Waals surface area (Å²) in [4.78, 5) is 12.3. The Morgan fingerprint density at radius 2 is 1.59 bits per heavy atom. The summed E-state index contributed by atoms with van der Waals surface area (Å²) in [6, 6.07) is 21.6. The van der Waals surface area contributed by atoms with Gasteiger partial charge in [-0.05, 0) is 34.4 Å². The molecule has 0 fully saturated rings. The smallest absolute Gasteiger partial charge is 0.433 e. The summed E-state index contributed by atoms with van der Waals surface area (Å²) in [6.07, 6.45) is -0.757. The number of ether oxygens (including phenoxy) is 2. The number of fused-ring (bicyclic) bond motifs is 4. The van der Waals surface area contributed by atoms with Crippen molar-refractivity contribution in [3.05, 3.63) is 77.9 Å². The average Bonchev–Trinajstić information content (AvgIpc) is 3.30. The highest BCUT2D eigenvalue weighted by atomic mass is 16.7. The Hall–Kier alpha value is -3.67. The molecule has 0 spiro atoms. The van der Waals surface area contributed by atoms with Gasteiger partial charge in [-0.1, -0.05) is 54.6 Å². The maximum absolute atomic E-state index is 12.3. The molecule has 0 aliphatic heterocycles. The number of H-pyrrole nitrogens is 1. The van der Waals surface area contributed by atoms with E-state index in [0.29, 0.717) is 16.8 Å². The maximum atomic E-state index is 12.3. The van der Waals surface area contributed by atoms with Gasteiger partial charge in [0.15, 0.2) is 11.3 Å². The van der Waals surface area contributed by atoms with E-state index in [1.165, 1.54) is 11.1 Å². The first-order valence-corrected chi connectivity index (χ1v) is 8.63. The standard InChI is InChI=1S/C21H15N3O3/c25-21(27-19-11-5-10-18-20(19)23-24-22-18)26-12-17-15-8-3-1-6-13(15)14-7-2-4-9-16(14)17/h1-11,17H,12H2,(H,22,23,24). The van der Waals surface area contributed by atoms with E-state index in [9.17, 15) is 4.79 Å². The second-order valence-corrected chi connectivity index (χ2v) is 6.34. The predicted octanol–water partition coefficient (Wildman–Crippen LogP) is 4.29. The first-order valence-electron chi connectivity index (χ1n) is 8.63. The third-order valence-corrected chi connectivity index (χ3v) is 4.83. The van der Waals surface area contributed by atoms with E-state index in [2.05, 4.69) is 39.7 Å². The number of nitrogens with zero attached hydrogens (tertiary/aromatic N) is 2. The van der Waals surface area contributed by atoms with Gasteiger partial charge in [-0.3, -0.25) is 0 Å². The van der Waals surface area contributed by atoms with Crippen LogP contribution in [-0.2, 0) is 4.74 Å². The van der Waals surface area contributed by atoms with E-state index in [1.54, 1.807) is 18.2 Å². The zero-order valence-corrected chi connectivity index (χ0v) is 14.3. The Balaban J connectivity index is 1.36. The predicted molar refractivity (Wildman–Crippen MR) is 99.6 cm³/mol. The third kappa shape index (κ3) is 2.62. The molecule has 1 heterocycles. The van der Waals surface area contributed by atoms with E-state index in [0.717, 1.165) is 11.1 Å². The summed E-state index contributed by atoms with van der Waals surface area (Å²) in [6.45, 7) is 0.210. The van der Waals surface area contributed by atoms with Crippen LogP contribution in [0.2, 0.25) is 0 Å². The number of para-hydroxylation sites is 1. The Kier molecular flexibility index (Phi) is 3.60. The number of carbonyl (C=O) groups excluding carboxylic acids is 1. The van der Waals surface area contributed by atoms with Gasteiger partial charge in [0.2, 0.25) is 0 Å². The lowest BCUT2D eigenvalue weighted by molar-refractivity contribution is 0.0969. The van der Waals surface area contributed by atoms with Crippen LogP contribution in [0.15, 0.2) is 66.7 Å². The van der Waals surface area contributed by atoms with Gasteiger partial charge in [-0.2, -0.15) is 15.4 Å². The minimum absolute atomic E-state index is 0.00667. The van der Waals surface area contributed by atoms with Crippen molar-refractivity contribution in [3.63, 3.8) is 0 Å². The molecule has 0 radical (unpaired) electrons. The summed E-state index contributed by atoms with van der Waals surface area (Å²) < 4.78 is 10.8. The molecule has 5 rings (SSSR count). The highest BCUT2D eigenvalue weighted by molar-refractivity contribution is 5.83. The van der Waals surface area contributed by atoms with Crippen molar-refractivity contribution in [2.45, 2.75) is 5.92 Å².